The minimum atomic E-state index is -0.303. The lowest BCUT2D eigenvalue weighted by Crippen LogP contribution is -2.40. The van der Waals surface area contributed by atoms with Crippen LogP contribution in [0.3, 0.4) is 0 Å². The largest absolute Gasteiger partial charge is 0.371 e. The third kappa shape index (κ3) is 5.28. The van der Waals surface area contributed by atoms with Gasteiger partial charge in [0, 0.05) is 66.0 Å². The number of anilines is 3. The van der Waals surface area contributed by atoms with Crippen LogP contribution in [0.1, 0.15) is 45.5 Å². The summed E-state index contributed by atoms with van der Waals surface area (Å²) in [5.74, 6) is -0.0340. The molecule has 0 spiro atoms. The third-order valence-corrected chi connectivity index (χ3v) is 7.70. The number of nitrogens with one attached hydrogen (secondary N) is 2. The number of fused-ring (bicyclic) bond motifs is 3. The predicted molar refractivity (Wildman–Crippen MR) is 160 cm³/mol. The third-order valence-electron chi connectivity index (χ3n) is 7.70. The van der Waals surface area contributed by atoms with Crippen LogP contribution in [0.2, 0.25) is 0 Å². The normalized spacial score (nSPS) is 14.9. The van der Waals surface area contributed by atoms with Crippen molar-refractivity contribution in [2.45, 2.75) is 32.4 Å². The molecule has 0 aliphatic carbocycles. The Morgan fingerprint density at radius 2 is 1.83 bits per heavy atom. The molecule has 1 fully saturated rings. The van der Waals surface area contributed by atoms with Crippen molar-refractivity contribution in [1.82, 2.24) is 15.3 Å². The molecule has 41 heavy (non-hydrogen) atoms. The van der Waals surface area contributed by atoms with E-state index in [9.17, 15) is 4.79 Å². The van der Waals surface area contributed by atoms with Crippen LogP contribution in [0.5, 0.6) is 0 Å². The van der Waals surface area contributed by atoms with E-state index in [1.54, 1.807) is 31.4 Å². The van der Waals surface area contributed by atoms with E-state index in [0.29, 0.717) is 29.3 Å². The number of nitrogens with two attached hydrogens (primary N) is 1. The van der Waals surface area contributed by atoms with Crippen LogP contribution in [0.15, 0.2) is 71.9 Å². The second-order valence-electron chi connectivity index (χ2n) is 10.5. The van der Waals surface area contributed by atoms with E-state index in [4.69, 9.17) is 15.7 Å². The lowest BCUT2D eigenvalue weighted by atomic mass is 9.92. The number of carbonyl (C=O) groups excluding carboxylic acids is 1. The van der Waals surface area contributed by atoms with Crippen molar-refractivity contribution in [3.8, 4) is 11.3 Å². The molecule has 3 heterocycles. The number of amides is 1. The Kier molecular flexibility index (Phi) is 7.19. The first-order chi connectivity index (χ1) is 19.9. The Hall–Kier alpha value is -4.63. The van der Waals surface area contributed by atoms with Gasteiger partial charge in [-0.05, 0) is 62.2 Å². The number of benzene rings is 3. The summed E-state index contributed by atoms with van der Waals surface area (Å²) >= 11 is 0. The van der Waals surface area contributed by atoms with Crippen molar-refractivity contribution in [2.24, 2.45) is 10.7 Å². The van der Waals surface area contributed by atoms with E-state index in [2.05, 4.69) is 26.6 Å². The number of hydrogen-bond donors (Lipinski definition) is 3. The van der Waals surface area contributed by atoms with E-state index in [1.807, 2.05) is 37.3 Å². The fraction of sp³-hybridized carbons (Fsp3) is 0.250. The molecule has 0 saturated carbocycles. The molecule has 1 amide bonds. The summed E-state index contributed by atoms with van der Waals surface area (Å²) in [4.78, 5) is 28.5. The summed E-state index contributed by atoms with van der Waals surface area (Å²) in [7, 11) is 1.60. The molecule has 9 heteroatoms. The molecule has 2 aliphatic rings. The van der Waals surface area contributed by atoms with E-state index >= 15 is 4.39 Å². The van der Waals surface area contributed by atoms with Crippen molar-refractivity contribution in [3.63, 3.8) is 0 Å². The smallest absolute Gasteiger partial charge is 0.251 e. The number of nitrogens with zero attached hydrogens (tertiary/aromatic N) is 4. The predicted octanol–water partition coefficient (Wildman–Crippen LogP) is 4.97. The van der Waals surface area contributed by atoms with Gasteiger partial charge in [-0.1, -0.05) is 23.8 Å². The summed E-state index contributed by atoms with van der Waals surface area (Å²) in [5, 5.41) is 5.86. The van der Waals surface area contributed by atoms with Gasteiger partial charge in [-0.2, -0.15) is 0 Å². The van der Waals surface area contributed by atoms with Crippen LogP contribution in [-0.4, -0.2) is 47.8 Å². The number of carbonyl (C=O) groups is 1. The van der Waals surface area contributed by atoms with E-state index in [0.717, 1.165) is 65.3 Å². The topological polar surface area (TPSA) is 109 Å². The highest BCUT2D eigenvalue weighted by Gasteiger charge is 2.27. The summed E-state index contributed by atoms with van der Waals surface area (Å²) in [6, 6.07) is 18.6. The molecule has 0 radical (unpaired) electrons. The molecule has 208 valence electrons. The van der Waals surface area contributed by atoms with Crippen molar-refractivity contribution < 1.29 is 9.18 Å². The van der Waals surface area contributed by atoms with E-state index < -0.39 is 0 Å². The molecule has 1 aromatic heterocycles. The summed E-state index contributed by atoms with van der Waals surface area (Å²) in [6.45, 7) is 3.89. The van der Waals surface area contributed by atoms with Crippen LogP contribution in [0, 0.1) is 12.7 Å². The van der Waals surface area contributed by atoms with Gasteiger partial charge >= 0.3 is 0 Å². The first kappa shape index (κ1) is 26.6. The average Bonchev–Trinajstić information content (AvgIpc) is 3.14. The fourth-order valence-electron chi connectivity index (χ4n) is 5.47. The molecule has 2 aliphatic heterocycles. The van der Waals surface area contributed by atoms with Gasteiger partial charge in [0.05, 0.1) is 23.5 Å². The van der Waals surface area contributed by atoms with Crippen LogP contribution < -0.4 is 21.3 Å². The SMILES string of the molecule is CNC(=O)c1ccc(Nc2ncc3c(n2)-c2ccc(C)cc2C(c2c(F)cccc2N2CCC(N)CC2)=NC3)cc1. The van der Waals surface area contributed by atoms with Crippen LogP contribution in [0.25, 0.3) is 11.3 Å². The standard InChI is InChI=1S/C32H32FN7O/c1-19-6-11-24-25(16-19)30(28-26(33)4-3-5-27(28)40-14-12-22(34)13-15-40)36-17-21-18-37-32(39-29(21)24)38-23-9-7-20(8-10-23)31(41)35-2/h3-11,16,18,22H,12-15,17,34H2,1-2H3,(H,35,41)(H,37,38,39). The summed E-state index contributed by atoms with van der Waals surface area (Å²) < 4.78 is 15.7. The van der Waals surface area contributed by atoms with Gasteiger partial charge in [-0.25, -0.2) is 14.4 Å². The molecule has 0 bridgehead atoms. The van der Waals surface area contributed by atoms with Crippen molar-refractivity contribution in [1.29, 1.82) is 0 Å². The Morgan fingerprint density at radius 1 is 1.05 bits per heavy atom. The summed E-state index contributed by atoms with van der Waals surface area (Å²) in [5.41, 5.74) is 13.8. The van der Waals surface area contributed by atoms with Gasteiger partial charge in [0.15, 0.2) is 0 Å². The Morgan fingerprint density at radius 3 is 2.59 bits per heavy atom. The van der Waals surface area contributed by atoms with Crippen LogP contribution in [-0.2, 0) is 6.54 Å². The highest BCUT2D eigenvalue weighted by molar-refractivity contribution is 6.19. The van der Waals surface area contributed by atoms with Crippen molar-refractivity contribution in [3.05, 3.63) is 100 Å². The quantitative estimate of drug-likeness (QED) is 0.324. The molecule has 4 aromatic rings. The fourth-order valence-corrected chi connectivity index (χ4v) is 5.47. The van der Waals surface area contributed by atoms with Gasteiger partial charge in [0.1, 0.15) is 5.82 Å². The number of rotatable bonds is 5. The molecule has 1 saturated heterocycles. The van der Waals surface area contributed by atoms with Gasteiger partial charge in [0.25, 0.3) is 5.91 Å². The molecule has 0 unspecified atom stereocenters. The second-order valence-corrected chi connectivity index (χ2v) is 10.5. The zero-order chi connectivity index (χ0) is 28.5. The number of piperidine rings is 1. The number of halogens is 1. The molecule has 6 rings (SSSR count). The molecule has 3 aromatic carbocycles. The van der Waals surface area contributed by atoms with Crippen molar-refractivity contribution >= 4 is 28.9 Å². The number of hydrogen-bond acceptors (Lipinski definition) is 7. The van der Waals surface area contributed by atoms with E-state index in [-0.39, 0.29) is 17.8 Å². The maximum Gasteiger partial charge on any atom is 0.251 e. The molecule has 4 N–H and O–H groups in total. The minimum absolute atomic E-state index is 0.151. The zero-order valence-electron chi connectivity index (χ0n) is 23.1. The first-order valence-electron chi connectivity index (χ1n) is 13.8. The minimum Gasteiger partial charge on any atom is -0.371 e. The maximum absolute atomic E-state index is 15.7. The maximum atomic E-state index is 15.7. The highest BCUT2D eigenvalue weighted by atomic mass is 19.1. The highest BCUT2D eigenvalue weighted by Crippen LogP contribution is 2.36. The Bertz CT molecular complexity index is 1640. The Balaban J connectivity index is 1.40. The van der Waals surface area contributed by atoms with Gasteiger partial charge < -0.3 is 21.3 Å². The number of aliphatic imine (C=N–C) groups is 1. The van der Waals surface area contributed by atoms with Crippen molar-refractivity contribution in [2.75, 3.05) is 30.4 Å². The van der Waals surface area contributed by atoms with Crippen LogP contribution >= 0.6 is 0 Å². The second kappa shape index (κ2) is 11.1. The summed E-state index contributed by atoms with van der Waals surface area (Å²) in [6.07, 6.45) is 3.50. The zero-order valence-corrected chi connectivity index (χ0v) is 23.1. The Labute approximate surface area is 238 Å². The molecular weight excluding hydrogens is 517 g/mol. The van der Waals surface area contributed by atoms with E-state index in [1.165, 1.54) is 6.07 Å². The molecular formula is C32H32FN7O. The molecule has 0 atom stereocenters. The first-order valence-corrected chi connectivity index (χ1v) is 13.8. The van der Waals surface area contributed by atoms with Gasteiger partial charge in [-0.3, -0.25) is 9.79 Å². The average molecular weight is 550 g/mol. The lowest BCUT2D eigenvalue weighted by Gasteiger charge is -2.33. The van der Waals surface area contributed by atoms with Gasteiger partial charge in [-0.15, -0.1) is 0 Å². The monoisotopic (exact) mass is 549 g/mol. The van der Waals surface area contributed by atoms with Crippen LogP contribution in [0.4, 0.5) is 21.7 Å². The van der Waals surface area contributed by atoms with Gasteiger partial charge in [0.2, 0.25) is 5.95 Å². The number of aromatic nitrogens is 2. The lowest BCUT2D eigenvalue weighted by molar-refractivity contribution is 0.0963. The molecule has 8 nitrogen and oxygen atoms in total. The number of aryl methyl sites for hydroxylation is 1.